The summed E-state index contributed by atoms with van der Waals surface area (Å²) in [7, 11) is 0. The van der Waals surface area contributed by atoms with Crippen molar-refractivity contribution in [1.82, 2.24) is 4.57 Å². The number of nitrogens with zero attached hydrogens (tertiary/aromatic N) is 2. The number of rotatable bonds is 3. The van der Waals surface area contributed by atoms with Gasteiger partial charge in [0.1, 0.15) is 11.2 Å². The van der Waals surface area contributed by atoms with E-state index in [0.717, 1.165) is 38.6 Å². The summed E-state index contributed by atoms with van der Waals surface area (Å²) in [6.45, 7) is 8.82. The van der Waals surface area contributed by atoms with Crippen molar-refractivity contribution < 1.29 is 8.51 Å². The van der Waals surface area contributed by atoms with E-state index in [9.17, 15) is 0 Å². The molecule has 3 aromatic carbocycles. The van der Waals surface area contributed by atoms with Crippen molar-refractivity contribution in [2.75, 3.05) is 0 Å². The Kier molecular flexibility index (Phi) is 3.86. The minimum Gasteiger partial charge on any atom is -0.224 e. The van der Waals surface area contributed by atoms with Crippen LogP contribution in [-0.4, -0.2) is 4.57 Å². The Hall–Kier alpha value is -3.13. The Morgan fingerprint density at radius 2 is 1.58 bits per heavy atom. The van der Waals surface area contributed by atoms with Crippen LogP contribution < -0.4 is 4.40 Å². The highest BCUT2D eigenvalue weighted by Gasteiger charge is 2.31. The minimum absolute atomic E-state index is 0.235. The van der Waals surface area contributed by atoms with Crippen LogP contribution in [0.5, 0.6) is 0 Å². The zero-order valence-corrected chi connectivity index (χ0v) is 18.9. The van der Waals surface area contributed by atoms with E-state index in [1.165, 1.54) is 11.3 Å². The van der Waals surface area contributed by atoms with Crippen LogP contribution >= 0.6 is 0 Å². The molecule has 31 heavy (non-hydrogen) atoms. The van der Waals surface area contributed by atoms with E-state index >= 15 is 0 Å². The van der Waals surface area contributed by atoms with Crippen LogP contribution in [0.15, 0.2) is 66.7 Å². The lowest BCUT2D eigenvalue weighted by atomic mass is 9.93. The SMILES string of the molecule is [2H]C([2H])([2H])c1cccc2c1c1cccc(C(C)C)c1c1n(C(C)C)c(C)c(-c3ccccc3)[n+]21. The molecule has 0 aliphatic heterocycles. The van der Waals surface area contributed by atoms with Crippen molar-refractivity contribution in [3.63, 3.8) is 0 Å². The van der Waals surface area contributed by atoms with Crippen molar-refractivity contribution >= 4 is 27.3 Å². The second-order valence-electron chi connectivity index (χ2n) is 9.05. The second-order valence-corrected chi connectivity index (χ2v) is 9.05. The molecule has 0 aliphatic carbocycles. The Balaban J connectivity index is 2.20. The van der Waals surface area contributed by atoms with Crippen LogP contribution in [0, 0.1) is 13.8 Å². The smallest absolute Gasteiger partial charge is 0.224 e. The maximum absolute atomic E-state index is 8.33. The van der Waals surface area contributed by atoms with Gasteiger partial charge >= 0.3 is 0 Å². The normalized spacial score (nSPS) is 14.0. The predicted octanol–water partition coefficient (Wildman–Crippen LogP) is 7.52. The summed E-state index contributed by atoms with van der Waals surface area (Å²) in [5.74, 6) is 0.292. The van der Waals surface area contributed by atoms with Gasteiger partial charge in [0.05, 0.1) is 11.4 Å². The summed E-state index contributed by atoms with van der Waals surface area (Å²) in [4.78, 5) is 0. The van der Waals surface area contributed by atoms with Crippen LogP contribution in [0.3, 0.4) is 0 Å². The fourth-order valence-electron chi connectivity index (χ4n) is 5.20. The Morgan fingerprint density at radius 1 is 0.839 bits per heavy atom. The lowest BCUT2D eigenvalue weighted by Crippen LogP contribution is -2.25. The molecule has 0 N–H and O–H groups in total. The third kappa shape index (κ3) is 2.81. The highest BCUT2D eigenvalue weighted by Crippen LogP contribution is 2.37. The third-order valence-electron chi connectivity index (χ3n) is 6.43. The van der Waals surface area contributed by atoms with Crippen LogP contribution in [-0.2, 0) is 0 Å². The lowest BCUT2D eigenvalue weighted by Gasteiger charge is -2.14. The third-order valence-corrected chi connectivity index (χ3v) is 6.43. The van der Waals surface area contributed by atoms with Crippen LogP contribution in [0.1, 0.15) is 60.6 Å². The van der Waals surface area contributed by atoms with Crippen molar-refractivity contribution in [1.29, 1.82) is 0 Å². The predicted molar refractivity (Wildman–Crippen MR) is 132 cm³/mol. The van der Waals surface area contributed by atoms with E-state index in [2.05, 4.69) is 92.1 Å². The van der Waals surface area contributed by atoms with Gasteiger partial charge in [0.2, 0.25) is 0 Å². The first-order valence-corrected chi connectivity index (χ1v) is 11.1. The summed E-state index contributed by atoms with van der Waals surface area (Å²) >= 11 is 0. The fraction of sp³-hybridized carbons (Fsp3) is 0.276. The standard InChI is InChI=1S/C29H31N2/c1-18(2)23-15-11-16-24-26-20(5)12-10-17-25(26)31-28(22-13-8-7-9-14-22)21(6)30(19(3)4)29(31)27(23)24/h7-19H,1-6H3/q+1/i5D3. The highest BCUT2D eigenvalue weighted by molar-refractivity contribution is 6.12. The van der Waals surface area contributed by atoms with Crippen LogP contribution in [0.4, 0.5) is 0 Å². The van der Waals surface area contributed by atoms with Crippen LogP contribution in [0.25, 0.3) is 38.6 Å². The van der Waals surface area contributed by atoms with Gasteiger partial charge in [-0.1, -0.05) is 74.5 Å². The van der Waals surface area contributed by atoms with Crippen LogP contribution in [0.2, 0.25) is 0 Å². The van der Waals surface area contributed by atoms with E-state index in [4.69, 9.17) is 4.11 Å². The first-order chi connectivity index (χ1) is 16.1. The maximum Gasteiger partial charge on any atom is 0.295 e. The molecular weight excluding hydrogens is 376 g/mol. The molecule has 2 heteroatoms. The summed E-state index contributed by atoms with van der Waals surface area (Å²) in [6, 6.07) is 22.7. The average Bonchev–Trinajstić information content (AvgIpc) is 3.11. The van der Waals surface area contributed by atoms with Gasteiger partial charge in [-0.25, -0.2) is 4.57 Å². The largest absolute Gasteiger partial charge is 0.295 e. The molecule has 0 atom stereocenters. The average molecular weight is 411 g/mol. The Labute approximate surface area is 189 Å². The number of aryl methyl sites for hydroxylation is 1. The number of hydrogen-bond donors (Lipinski definition) is 0. The number of hydrogen-bond acceptors (Lipinski definition) is 0. The van der Waals surface area contributed by atoms with Crippen molar-refractivity contribution in [3.05, 3.63) is 83.6 Å². The summed E-state index contributed by atoms with van der Waals surface area (Å²) in [6.07, 6.45) is 0. The fourth-order valence-corrected chi connectivity index (χ4v) is 5.20. The number of benzene rings is 3. The molecule has 2 heterocycles. The molecule has 5 aromatic rings. The van der Waals surface area contributed by atoms with Gasteiger partial charge in [-0.3, -0.25) is 0 Å². The highest BCUT2D eigenvalue weighted by atomic mass is 15.2. The molecule has 0 saturated heterocycles. The number of imidazole rings is 1. The van der Waals surface area contributed by atoms with Gasteiger partial charge in [-0.2, -0.15) is 4.40 Å². The zero-order valence-electron chi connectivity index (χ0n) is 21.9. The molecule has 0 amide bonds. The maximum atomic E-state index is 8.33. The molecule has 0 saturated carbocycles. The number of aromatic nitrogens is 2. The zero-order chi connectivity index (χ0) is 24.4. The topological polar surface area (TPSA) is 9.03 Å². The van der Waals surface area contributed by atoms with E-state index in [1.807, 2.05) is 12.1 Å². The molecule has 156 valence electrons. The lowest BCUT2D eigenvalue weighted by molar-refractivity contribution is -0.467. The van der Waals surface area contributed by atoms with Gasteiger partial charge in [0.25, 0.3) is 5.65 Å². The van der Waals surface area contributed by atoms with E-state index < -0.39 is 6.85 Å². The van der Waals surface area contributed by atoms with Gasteiger partial charge in [-0.15, -0.1) is 0 Å². The first-order valence-electron chi connectivity index (χ1n) is 12.6. The Bertz CT molecular complexity index is 1540. The molecule has 0 bridgehead atoms. The van der Waals surface area contributed by atoms with Crippen molar-refractivity contribution in [3.8, 4) is 11.3 Å². The molecule has 5 rings (SSSR count). The first kappa shape index (κ1) is 16.5. The van der Waals surface area contributed by atoms with Gasteiger partial charge in [0, 0.05) is 27.4 Å². The summed E-state index contributed by atoms with van der Waals surface area (Å²) < 4.78 is 29.7. The van der Waals surface area contributed by atoms with E-state index in [0.29, 0.717) is 11.5 Å². The monoisotopic (exact) mass is 410 g/mol. The molecular formula is C29H31N2+. The molecule has 0 unspecified atom stereocenters. The van der Waals surface area contributed by atoms with Gasteiger partial charge < -0.3 is 0 Å². The molecule has 0 radical (unpaired) electrons. The molecule has 2 nitrogen and oxygen atoms in total. The minimum atomic E-state index is -2.21. The molecule has 0 fully saturated rings. The van der Waals surface area contributed by atoms with Crippen molar-refractivity contribution in [2.45, 2.75) is 53.4 Å². The second kappa shape index (κ2) is 7.23. The number of fused-ring (bicyclic) bond motifs is 6. The molecule has 2 aromatic heterocycles. The summed E-state index contributed by atoms with van der Waals surface area (Å²) in [5, 5.41) is 2.96. The van der Waals surface area contributed by atoms with Crippen molar-refractivity contribution in [2.24, 2.45) is 0 Å². The quantitative estimate of drug-likeness (QED) is 0.215. The Morgan fingerprint density at radius 3 is 2.26 bits per heavy atom. The van der Waals surface area contributed by atoms with Gasteiger partial charge in [0.15, 0.2) is 5.69 Å². The van der Waals surface area contributed by atoms with E-state index in [1.54, 1.807) is 6.07 Å². The van der Waals surface area contributed by atoms with E-state index in [-0.39, 0.29) is 6.04 Å². The van der Waals surface area contributed by atoms with Gasteiger partial charge in [-0.05, 0) is 43.8 Å². The molecule has 0 spiro atoms. The summed E-state index contributed by atoms with van der Waals surface area (Å²) in [5.41, 5.74) is 7.09. The molecule has 0 aliphatic rings. The number of pyridine rings is 1.